The van der Waals surface area contributed by atoms with Gasteiger partial charge in [0.2, 0.25) is 0 Å². The van der Waals surface area contributed by atoms with Gasteiger partial charge >= 0.3 is 6.18 Å². The van der Waals surface area contributed by atoms with E-state index in [1.807, 2.05) is 20.8 Å². The van der Waals surface area contributed by atoms with Crippen LogP contribution in [0.3, 0.4) is 0 Å². The van der Waals surface area contributed by atoms with Gasteiger partial charge in [-0.3, -0.25) is 0 Å². The molecule has 1 N–H and O–H groups in total. The lowest BCUT2D eigenvalue weighted by molar-refractivity contribution is -0.143. The number of hydrogen-bond acceptors (Lipinski definition) is 1. The second-order valence-electron chi connectivity index (χ2n) is 8.85. The molecule has 31 heavy (non-hydrogen) atoms. The molecule has 1 rings (SSSR count). The van der Waals surface area contributed by atoms with Gasteiger partial charge in [0.1, 0.15) is 11.4 Å². The summed E-state index contributed by atoms with van der Waals surface area (Å²) in [6.07, 6.45) is 1.10. The molecule has 0 aliphatic heterocycles. The van der Waals surface area contributed by atoms with Gasteiger partial charge in [0.05, 0.1) is 0 Å². The molecule has 0 aromatic heterocycles. The topological polar surface area (TPSA) is 12.0 Å². The maximum absolute atomic E-state index is 14.9. The SMILES string of the molecule is CCCC(C)CNC(c1cc(F)c(F)c(C(F)(F)F)c1F)C(C)CCC(CC)CCC. The average molecular weight is 454 g/mol. The molecule has 0 amide bonds. The summed E-state index contributed by atoms with van der Waals surface area (Å²) in [5.41, 5.74) is -2.61. The van der Waals surface area contributed by atoms with E-state index in [-0.39, 0.29) is 11.8 Å². The maximum Gasteiger partial charge on any atom is 0.422 e. The van der Waals surface area contributed by atoms with E-state index in [4.69, 9.17) is 0 Å². The van der Waals surface area contributed by atoms with Gasteiger partial charge in [-0.2, -0.15) is 13.2 Å². The molecular formula is C24H37F6N. The van der Waals surface area contributed by atoms with Crippen molar-refractivity contribution in [3.05, 3.63) is 34.6 Å². The molecular weight excluding hydrogens is 416 g/mol. The molecule has 4 unspecified atom stereocenters. The van der Waals surface area contributed by atoms with Crippen molar-refractivity contribution in [2.24, 2.45) is 17.8 Å². The molecule has 0 radical (unpaired) electrons. The van der Waals surface area contributed by atoms with Crippen LogP contribution in [0.2, 0.25) is 0 Å². The van der Waals surface area contributed by atoms with Gasteiger partial charge in [0.25, 0.3) is 0 Å². The van der Waals surface area contributed by atoms with Crippen LogP contribution in [0, 0.1) is 35.2 Å². The molecule has 1 nitrogen and oxygen atoms in total. The molecule has 0 bridgehead atoms. The summed E-state index contributed by atoms with van der Waals surface area (Å²) >= 11 is 0. The first-order valence-electron chi connectivity index (χ1n) is 11.5. The molecule has 0 fully saturated rings. The molecule has 0 saturated carbocycles. The number of rotatable bonds is 13. The van der Waals surface area contributed by atoms with E-state index in [1.165, 1.54) is 0 Å². The van der Waals surface area contributed by atoms with Crippen LogP contribution in [-0.4, -0.2) is 6.54 Å². The molecule has 0 heterocycles. The fourth-order valence-corrected chi connectivity index (χ4v) is 4.27. The second-order valence-corrected chi connectivity index (χ2v) is 8.85. The van der Waals surface area contributed by atoms with E-state index >= 15 is 0 Å². The standard InChI is InChI=1S/C24H37F6N/c1-6-9-15(4)14-31-23(16(5)11-12-17(8-3)10-7-2)18-13-19(25)22(27)20(21(18)26)24(28,29)30/h13,15-17,23,31H,6-12,14H2,1-5H3. The number of hydrogen-bond donors (Lipinski definition) is 1. The van der Waals surface area contributed by atoms with Crippen molar-refractivity contribution in [1.82, 2.24) is 5.32 Å². The van der Waals surface area contributed by atoms with Crippen molar-refractivity contribution in [3.63, 3.8) is 0 Å². The highest BCUT2D eigenvalue weighted by molar-refractivity contribution is 5.33. The van der Waals surface area contributed by atoms with Crippen molar-refractivity contribution in [3.8, 4) is 0 Å². The van der Waals surface area contributed by atoms with Gasteiger partial charge in [-0.1, -0.05) is 66.7 Å². The van der Waals surface area contributed by atoms with Gasteiger partial charge in [0.15, 0.2) is 11.6 Å². The Morgan fingerprint density at radius 2 is 1.48 bits per heavy atom. The van der Waals surface area contributed by atoms with Gasteiger partial charge < -0.3 is 5.32 Å². The van der Waals surface area contributed by atoms with Crippen molar-refractivity contribution in [1.29, 1.82) is 0 Å². The minimum Gasteiger partial charge on any atom is -0.309 e. The largest absolute Gasteiger partial charge is 0.422 e. The van der Waals surface area contributed by atoms with Gasteiger partial charge in [-0.15, -0.1) is 0 Å². The summed E-state index contributed by atoms with van der Waals surface area (Å²) in [7, 11) is 0. The highest BCUT2D eigenvalue weighted by atomic mass is 19.4. The Morgan fingerprint density at radius 3 is 2.00 bits per heavy atom. The van der Waals surface area contributed by atoms with Gasteiger partial charge in [-0.05, 0) is 43.2 Å². The van der Waals surface area contributed by atoms with Crippen LogP contribution < -0.4 is 5.32 Å². The monoisotopic (exact) mass is 453 g/mol. The second kappa shape index (κ2) is 12.7. The Hall–Kier alpha value is -1.24. The predicted octanol–water partition coefficient (Wildman–Crippen LogP) is 8.43. The minimum absolute atomic E-state index is 0.221. The number of alkyl halides is 3. The van der Waals surface area contributed by atoms with Crippen LogP contribution in [0.1, 0.15) is 96.7 Å². The van der Waals surface area contributed by atoms with Crippen LogP contribution in [-0.2, 0) is 6.18 Å². The zero-order valence-electron chi connectivity index (χ0n) is 19.3. The lowest BCUT2D eigenvalue weighted by Crippen LogP contribution is -2.32. The molecule has 180 valence electrons. The van der Waals surface area contributed by atoms with Crippen LogP contribution in [0.25, 0.3) is 0 Å². The first-order chi connectivity index (χ1) is 14.5. The summed E-state index contributed by atoms with van der Waals surface area (Å²) < 4.78 is 82.6. The number of benzene rings is 1. The Labute approximate surface area is 183 Å². The van der Waals surface area contributed by atoms with Crippen LogP contribution >= 0.6 is 0 Å². The van der Waals surface area contributed by atoms with E-state index in [9.17, 15) is 26.3 Å². The van der Waals surface area contributed by atoms with E-state index in [1.54, 1.807) is 0 Å². The summed E-state index contributed by atoms with van der Waals surface area (Å²) in [6, 6.07) is -0.253. The Balaban J connectivity index is 3.29. The minimum atomic E-state index is -5.32. The van der Waals surface area contributed by atoms with Gasteiger partial charge in [-0.25, -0.2) is 13.2 Å². The number of halogens is 6. The Bertz CT molecular complexity index is 673. The Kier molecular flexibility index (Phi) is 11.4. The third-order valence-electron chi connectivity index (χ3n) is 6.14. The maximum atomic E-state index is 14.9. The van der Waals surface area contributed by atoms with E-state index in [2.05, 4.69) is 19.2 Å². The van der Waals surface area contributed by atoms with E-state index in [0.717, 1.165) is 38.5 Å². The quantitative estimate of drug-likeness (QED) is 0.233. The average Bonchev–Trinajstić information content (AvgIpc) is 2.68. The third kappa shape index (κ3) is 7.99. The fourth-order valence-electron chi connectivity index (χ4n) is 4.27. The first-order valence-corrected chi connectivity index (χ1v) is 11.5. The van der Waals surface area contributed by atoms with Crippen molar-refractivity contribution in [2.75, 3.05) is 6.54 Å². The Morgan fingerprint density at radius 1 is 0.871 bits per heavy atom. The van der Waals surface area contributed by atoms with Crippen LogP contribution in [0.5, 0.6) is 0 Å². The molecule has 1 aromatic rings. The lowest BCUT2D eigenvalue weighted by atomic mass is 9.85. The van der Waals surface area contributed by atoms with Crippen molar-refractivity contribution < 1.29 is 26.3 Å². The molecule has 7 heteroatoms. The summed E-state index contributed by atoms with van der Waals surface area (Å²) in [6.45, 7) is 10.5. The smallest absolute Gasteiger partial charge is 0.309 e. The summed E-state index contributed by atoms with van der Waals surface area (Å²) in [5.74, 6) is -5.14. The van der Waals surface area contributed by atoms with Crippen molar-refractivity contribution in [2.45, 2.75) is 91.8 Å². The molecule has 0 aliphatic rings. The molecule has 4 atom stereocenters. The van der Waals surface area contributed by atoms with Crippen molar-refractivity contribution >= 4 is 0 Å². The highest BCUT2D eigenvalue weighted by Crippen LogP contribution is 2.39. The highest BCUT2D eigenvalue weighted by Gasteiger charge is 2.41. The first kappa shape index (κ1) is 27.8. The zero-order chi connectivity index (χ0) is 23.8. The summed E-state index contributed by atoms with van der Waals surface area (Å²) in [4.78, 5) is 0. The molecule has 0 saturated heterocycles. The molecule has 0 aliphatic carbocycles. The zero-order valence-corrected chi connectivity index (χ0v) is 19.3. The normalized spacial score (nSPS) is 16.2. The third-order valence-corrected chi connectivity index (χ3v) is 6.14. The van der Waals surface area contributed by atoms with Crippen LogP contribution in [0.15, 0.2) is 6.07 Å². The lowest BCUT2D eigenvalue weighted by Gasteiger charge is -2.29. The molecule has 1 aromatic carbocycles. The predicted molar refractivity (Wildman–Crippen MR) is 113 cm³/mol. The summed E-state index contributed by atoms with van der Waals surface area (Å²) in [5, 5.41) is 3.16. The van der Waals surface area contributed by atoms with Crippen LogP contribution in [0.4, 0.5) is 26.3 Å². The van der Waals surface area contributed by atoms with Gasteiger partial charge in [0, 0.05) is 11.6 Å². The molecule has 0 spiro atoms. The fraction of sp³-hybridized carbons (Fsp3) is 0.750. The van der Waals surface area contributed by atoms with E-state index in [0.29, 0.717) is 24.9 Å². The number of nitrogens with one attached hydrogen (secondary N) is 1. The van der Waals surface area contributed by atoms with E-state index < -0.39 is 40.8 Å².